The van der Waals surface area contributed by atoms with Gasteiger partial charge in [0, 0.05) is 43.5 Å². The Labute approximate surface area is 202 Å². The predicted molar refractivity (Wildman–Crippen MR) is 137 cm³/mol. The number of carbonyl (C=O) groups excluding carboxylic acids is 2. The van der Waals surface area contributed by atoms with Crippen molar-refractivity contribution >= 4 is 40.4 Å². The lowest BCUT2D eigenvalue weighted by molar-refractivity contribution is -0.134. The van der Waals surface area contributed by atoms with Crippen LogP contribution in [0.25, 0.3) is 5.57 Å². The van der Waals surface area contributed by atoms with Crippen LogP contribution in [-0.2, 0) is 9.59 Å². The highest BCUT2D eigenvalue weighted by atomic mass is 32.1. The molecule has 1 fully saturated rings. The zero-order chi connectivity index (χ0) is 24.1. The van der Waals surface area contributed by atoms with Gasteiger partial charge in [0.2, 0.25) is 0 Å². The van der Waals surface area contributed by atoms with Crippen molar-refractivity contribution in [3.05, 3.63) is 41.2 Å². The van der Waals surface area contributed by atoms with Gasteiger partial charge in [-0.15, -0.1) is 0 Å². The van der Waals surface area contributed by atoms with Crippen LogP contribution < -0.4 is 9.64 Å². The normalized spacial score (nSPS) is 16.2. The first-order chi connectivity index (χ1) is 15.9. The lowest BCUT2D eigenvalue weighted by Crippen LogP contribution is -2.57. The van der Waals surface area contributed by atoms with Crippen LogP contribution in [0, 0.1) is 0 Å². The van der Waals surface area contributed by atoms with Gasteiger partial charge in [-0.3, -0.25) is 19.4 Å². The van der Waals surface area contributed by atoms with Gasteiger partial charge in [-0.25, -0.2) is 0 Å². The highest BCUT2D eigenvalue weighted by Crippen LogP contribution is 2.38. The minimum Gasteiger partial charge on any atom is -0.456 e. The minimum atomic E-state index is -0.367. The molecule has 1 aromatic carbocycles. The molecule has 0 aromatic heterocycles. The van der Waals surface area contributed by atoms with Crippen LogP contribution in [0.2, 0.25) is 0 Å². The van der Waals surface area contributed by atoms with Gasteiger partial charge in [0.15, 0.2) is 5.11 Å². The van der Waals surface area contributed by atoms with Crippen molar-refractivity contribution in [2.24, 2.45) is 0 Å². The van der Waals surface area contributed by atoms with E-state index >= 15 is 0 Å². The third-order valence-corrected chi connectivity index (χ3v) is 6.62. The summed E-state index contributed by atoms with van der Waals surface area (Å²) in [6.07, 6.45) is 5.29. The van der Waals surface area contributed by atoms with Gasteiger partial charge in [0.25, 0.3) is 11.8 Å². The SMILES string of the molecule is CCCCN1C(=O)C(=C2C=C(C)c3ccc(N(CC)CC)cc3O2)C(=O)N(CCCC)C1=S. The van der Waals surface area contributed by atoms with Crippen molar-refractivity contribution in [1.82, 2.24) is 9.80 Å². The molecule has 0 N–H and O–H groups in total. The number of allylic oxidation sites excluding steroid dienone is 2. The standard InChI is InChI=1S/C26H35N3O3S/c1-6-10-14-28-24(30)23(25(31)29(26(28)33)15-11-7-2)22-16-18(5)20-13-12-19(17-21(20)32-22)27(8-3)9-4/h12-13,16-17H,6-11,14-15H2,1-5H3. The van der Waals surface area contributed by atoms with E-state index in [0.29, 0.717) is 29.7 Å². The Bertz CT molecular complexity index is 962. The van der Waals surface area contributed by atoms with E-state index < -0.39 is 0 Å². The third-order valence-electron chi connectivity index (χ3n) is 6.18. The van der Waals surface area contributed by atoms with Crippen LogP contribution in [0.15, 0.2) is 35.6 Å². The van der Waals surface area contributed by atoms with Gasteiger partial charge in [0.05, 0.1) is 0 Å². The fourth-order valence-corrected chi connectivity index (χ4v) is 4.52. The smallest absolute Gasteiger partial charge is 0.269 e. The van der Waals surface area contributed by atoms with E-state index in [2.05, 4.69) is 38.7 Å². The Morgan fingerprint density at radius 2 is 1.52 bits per heavy atom. The molecule has 0 bridgehead atoms. The molecule has 2 aliphatic rings. The summed E-state index contributed by atoms with van der Waals surface area (Å²) in [7, 11) is 0. The molecule has 0 saturated carbocycles. The number of carbonyl (C=O) groups is 2. The molecule has 1 saturated heterocycles. The molecule has 1 aromatic rings. The second-order valence-electron chi connectivity index (χ2n) is 8.42. The number of rotatable bonds is 9. The largest absolute Gasteiger partial charge is 0.456 e. The van der Waals surface area contributed by atoms with E-state index in [1.165, 1.54) is 0 Å². The molecule has 3 rings (SSSR count). The number of amides is 2. The Balaban J connectivity index is 2.07. The second-order valence-corrected chi connectivity index (χ2v) is 8.79. The molecule has 2 amide bonds. The molecule has 0 unspecified atom stereocenters. The number of anilines is 1. The predicted octanol–water partition coefficient (Wildman–Crippen LogP) is 5.14. The molecule has 2 heterocycles. The highest BCUT2D eigenvalue weighted by molar-refractivity contribution is 7.80. The number of fused-ring (bicyclic) bond motifs is 1. The summed E-state index contributed by atoms with van der Waals surface area (Å²) in [5, 5.41) is 0.303. The Morgan fingerprint density at radius 1 is 0.939 bits per heavy atom. The van der Waals surface area contributed by atoms with Crippen LogP contribution in [0.3, 0.4) is 0 Å². The van der Waals surface area contributed by atoms with Gasteiger partial charge in [-0.2, -0.15) is 0 Å². The number of nitrogens with zero attached hydrogens (tertiary/aromatic N) is 3. The lowest BCUT2D eigenvalue weighted by Gasteiger charge is -2.37. The summed E-state index contributed by atoms with van der Waals surface area (Å²) in [6.45, 7) is 13.1. The van der Waals surface area contributed by atoms with E-state index in [-0.39, 0.29) is 17.4 Å². The van der Waals surface area contributed by atoms with Crippen molar-refractivity contribution in [1.29, 1.82) is 0 Å². The van der Waals surface area contributed by atoms with Crippen LogP contribution >= 0.6 is 12.2 Å². The maximum Gasteiger partial charge on any atom is 0.269 e. The molecule has 7 heteroatoms. The molecule has 0 spiro atoms. The van der Waals surface area contributed by atoms with Crippen LogP contribution in [-0.4, -0.2) is 52.9 Å². The number of hydrogen-bond donors (Lipinski definition) is 0. The quantitative estimate of drug-likeness (QED) is 0.285. The van der Waals surface area contributed by atoms with Crippen molar-refractivity contribution in [2.45, 2.75) is 60.3 Å². The summed E-state index contributed by atoms with van der Waals surface area (Å²) in [5.41, 5.74) is 3.04. The summed E-state index contributed by atoms with van der Waals surface area (Å²) >= 11 is 5.57. The van der Waals surface area contributed by atoms with Gasteiger partial charge in [-0.05, 0) is 69.6 Å². The fraction of sp³-hybridized carbons (Fsp3) is 0.500. The monoisotopic (exact) mass is 469 g/mol. The summed E-state index contributed by atoms with van der Waals surface area (Å²) in [6, 6.07) is 6.11. The van der Waals surface area contributed by atoms with E-state index in [1.807, 2.05) is 19.1 Å². The lowest BCUT2D eigenvalue weighted by atomic mass is 9.99. The Kier molecular flexibility index (Phi) is 8.30. The number of ether oxygens (including phenoxy) is 1. The number of unbranched alkanes of at least 4 members (excludes halogenated alkanes) is 2. The molecular weight excluding hydrogens is 434 g/mol. The fourth-order valence-electron chi connectivity index (χ4n) is 4.17. The van der Waals surface area contributed by atoms with Crippen molar-refractivity contribution < 1.29 is 14.3 Å². The minimum absolute atomic E-state index is 0.0639. The summed E-state index contributed by atoms with van der Waals surface area (Å²) in [5.74, 6) is 0.232. The highest BCUT2D eigenvalue weighted by Gasteiger charge is 2.41. The second kappa shape index (κ2) is 11.0. The molecular formula is C26H35N3O3S. The third kappa shape index (κ3) is 4.98. The van der Waals surface area contributed by atoms with Crippen molar-refractivity contribution in [3.8, 4) is 5.75 Å². The topological polar surface area (TPSA) is 53.1 Å². The Morgan fingerprint density at radius 3 is 2.03 bits per heavy atom. The van der Waals surface area contributed by atoms with E-state index in [0.717, 1.165) is 55.6 Å². The Hall–Kier alpha value is -2.67. The molecule has 0 radical (unpaired) electrons. The number of thiocarbonyl (C=S) groups is 1. The van der Waals surface area contributed by atoms with Gasteiger partial charge < -0.3 is 9.64 Å². The van der Waals surface area contributed by atoms with Gasteiger partial charge in [0.1, 0.15) is 17.1 Å². The van der Waals surface area contributed by atoms with Gasteiger partial charge in [-0.1, -0.05) is 26.7 Å². The molecule has 2 aliphatic heterocycles. The zero-order valence-electron chi connectivity index (χ0n) is 20.4. The summed E-state index contributed by atoms with van der Waals surface area (Å²) in [4.78, 5) is 32.3. The number of benzene rings is 1. The molecule has 6 nitrogen and oxygen atoms in total. The molecule has 0 atom stereocenters. The summed E-state index contributed by atoms with van der Waals surface area (Å²) < 4.78 is 6.24. The first-order valence-corrected chi connectivity index (χ1v) is 12.5. The first-order valence-electron chi connectivity index (χ1n) is 12.0. The average Bonchev–Trinajstić information content (AvgIpc) is 2.79. The zero-order valence-corrected chi connectivity index (χ0v) is 21.3. The average molecular weight is 470 g/mol. The van der Waals surface area contributed by atoms with Crippen LogP contribution in [0.4, 0.5) is 5.69 Å². The van der Waals surface area contributed by atoms with Crippen molar-refractivity contribution in [3.63, 3.8) is 0 Å². The van der Waals surface area contributed by atoms with E-state index in [1.54, 1.807) is 15.9 Å². The van der Waals surface area contributed by atoms with Gasteiger partial charge >= 0.3 is 0 Å². The van der Waals surface area contributed by atoms with Crippen LogP contribution in [0.1, 0.15) is 65.9 Å². The maximum absolute atomic E-state index is 13.5. The number of hydrogen-bond acceptors (Lipinski definition) is 5. The van der Waals surface area contributed by atoms with E-state index in [4.69, 9.17) is 17.0 Å². The van der Waals surface area contributed by atoms with Crippen LogP contribution in [0.5, 0.6) is 5.75 Å². The molecule has 33 heavy (non-hydrogen) atoms. The van der Waals surface area contributed by atoms with Crippen molar-refractivity contribution in [2.75, 3.05) is 31.1 Å². The molecule has 0 aliphatic carbocycles. The first kappa shape index (κ1) is 25.0. The maximum atomic E-state index is 13.5. The molecule has 178 valence electrons. The van der Waals surface area contributed by atoms with E-state index in [9.17, 15) is 9.59 Å².